The average molecular weight is 1170 g/mol. The molecule has 1 amide bonds. The Morgan fingerprint density at radius 1 is 0.451 bits per heavy atom. The van der Waals surface area contributed by atoms with Crippen LogP contribution in [0.25, 0.3) is 0 Å². The lowest BCUT2D eigenvalue weighted by molar-refractivity contribution is -0.379. The molecule has 0 aliphatic carbocycles. The molecule has 12 N–H and O–H groups in total. The minimum Gasteiger partial charge on any atom is -0.394 e. The molecule has 3 saturated heterocycles. The molecule has 3 heterocycles. The Labute approximate surface area is 489 Å². The van der Waals surface area contributed by atoms with Crippen LogP contribution in [-0.2, 0) is 33.2 Å². The third kappa shape index (κ3) is 28.4. The first-order valence-electron chi connectivity index (χ1n) is 30.8. The van der Waals surface area contributed by atoms with Crippen molar-refractivity contribution in [3.05, 3.63) is 85.1 Å². The van der Waals surface area contributed by atoms with Crippen molar-refractivity contribution < 1.29 is 89.4 Å². The molecule has 472 valence electrons. The molecule has 0 aromatic heterocycles. The van der Waals surface area contributed by atoms with Crippen LogP contribution >= 0.6 is 0 Å². The summed E-state index contributed by atoms with van der Waals surface area (Å²) in [7, 11) is 0. The number of hydrogen-bond donors (Lipinski definition) is 12. The maximum Gasteiger partial charge on any atom is 0.220 e. The van der Waals surface area contributed by atoms with Gasteiger partial charge in [-0.05, 0) is 77.0 Å². The first-order chi connectivity index (χ1) is 39.8. The number of unbranched alkanes of at least 4 members (excludes halogenated alkanes) is 16. The molecule has 17 unspecified atom stereocenters. The fraction of sp³-hybridized carbons (Fsp3) is 0.762. The zero-order valence-corrected chi connectivity index (χ0v) is 49.2. The molecule has 3 aliphatic heterocycles. The topological polar surface area (TPSA) is 307 Å². The van der Waals surface area contributed by atoms with Crippen molar-refractivity contribution in [1.29, 1.82) is 0 Å². The van der Waals surface area contributed by atoms with Gasteiger partial charge in [-0.2, -0.15) is 0 Å². The summed E-state index contributed by atoms with van der Waals surface area (Å²) >= 11 is 0. The van der Waals surface area contributed by atoms with Gasteiger partial charge in [-0.25, -0.2) is 0 Å². The highest BCUT2D eigenvalue weighted by molar-refractivity contribution is 5.76. The van der Waals surface area contributed by atoms with Crippen LogP contribution < -0.4 is 5.32 Å². The number of ether oxygens (including phenoxy) is 6. The molecular formula is C63H107NO18. The largest absolute Gasteiger partial charge is 0.394 e. The van der Waals surface area contributed by atoms with Crippen LogP contribution in [0.1, 0.15) is 174 Å². The Balaban J connectivity index is 1.49. The molecule has 19 nitrogen and oxygen atoms in total. The third-order valence-electron chi connectivity index (χ3n) is 14.9. The molecule has 0 saturated carbocycles. The third-order valence-corrected chi connectivity index (χ3v) is 14.9. The fourth-order valence-corrected chi connectivity index (χ4v) is 9.88. The van der Waals surface area contributed by atoms with Crippen LogP contribution in [0, 0.1) is 0 Å². The molecule has 19 heteroatoms. The first kappa shape index (κ1) is 73.2. The number of aliphatic hydroxyl groups is 11. The van der Waals surface area contributed by atoms with E-state index in [2.05, 4.69) is 92.1 Å². The standard InChI is InChI=1S/C63H107NO18/c1-3-5-7-9-11-13-15-17-19-20-21-22-23-24-25-26-27-29-31-33-35-37-39-41-51(69)64-46(47(68)40-38-36-34-32-30-28-18-16-14-12-10-8-6-4-2)45-77-61-57(75)54(72)59(49(43-66)79-61)82-63-58(76)55(73)60(50(44-67)80-63)81-62-56(74)53(71)52(70)48(42-65)78-62/h5,7,11,13,17,19,21-22,24-25,30,32,38,40,46-50,52-63,65-68,70-76H,3-4,6,8-10,12,14-16,18,20,23,26-29,31,33-37,39,41-45H2,1-2H3,(H,64,69)/b7-5-,13-11-,19-17-,22-21-,25-24-,32-30+,40-38+. The second-order valence-electron chi connectivity index (χ2n) is 21.8. The van der Waals surface area contributed by atoms with Gasteiger partial charge in [0.1, 0.15) is 73.2 Å². The summed E-state index contributed by atoms with van der Waals surface area (Å²) in [4.78, 5) is 13.3. The monoisotopic (exact) mass is 1170 g/mol. The lowest BCUT2D eigenvalue weighted by Crippen LogP contribution is -2.66. The van der Waals surface area contributed by atoms with E-state index in [0.717, 1.165) is 96.3 Å². The number of amides is 1. The number of allylic oxidation sites excluding steroid dienone is 13. The molecule has 3 fully saturated rings. The van der Waals surface area contributed by atoms with Crippen LogP contribution in [0.15, 0.2) is 85.1 Å². The molecule has 3 aliphatic rings. The Bertz CT molecular complexity index is 1820. The van der Waals surface area contributed by atoms with Crippen molar-refractivity contribution in [3.8, 4) is 0 Å². The van der Waals surface area contributed by atoms with E-state index < -0.39 is 124 Å². The summed E-state index contributed by atoms with van der Waals surface area (Å²) < 4.78 is 34.2. The zero-order chi connectivity index (χ0) is 59.7. The van der Waals surface area contributed by atoms with Gasteiger partial charge in [0.15, 0.2) is 18.9 Å². The summed E-state index contributed by atoms with van der Waals surface area (Å²) in [5, 5.41) is 120. The molecule has 0 aromatic rings. The van der Waals surface area contributed by atoms with Gasteiger partial charge in [0.05, 0.1) is 38.6 Å². The number of carbonyl (C=O) groups excluding carboxylic acids is 1. The Hall–Kier alpha value is -3.03. The number of carbonyl (C=O) groups is 1. The highest BCUT2D eigenvalue weighted by Crippen LogP contribution is 2.33. The molecule has 17 atom stereocenters. The van der Waals surface area contributed by atoms with Crippen molar-refractivity contribution in [2.24, 2.45) is 0 Å². The van der Waals surface area contributed by atoms with Gasteiger partial charge < -0.3 is 89.9 Å². The molecule has 0 radical (unpaired) electrons. The molecule has 0 bridgehead atoms. The molecule has 0 spiro atoms. The minimum absolute atomic E-state index is 0.217. The minimum atomic E-state index is -1.99. The van der Waals surface area contributed by atoms with Crippen molar-refractivity contribution in [2.45, 2.75) is 279 Å². The number of hydrogen-bond acceptors (Lipinski definition) is 18. The van der Waals surface area contributed by atoms with E-state index in [1.807, 2.05) is 6.08 Å². The van der Waals surface area contributed by atoms with E-state index in [1.54, 1.807) is 6.08 Å². The maximum absolute atomic E-state index is 13.3. The van der Waals surface area contributed by atoms with Gasteiger partial charge in [0.2, 0.25) is 5.91 Å². The summed E-state index contributed by atoms with van der Waals surface area (Å²) in [6.07, 6.45) is 28.4. The normalized spacial score (nSPS) is 30.2. The van der Waals surface area contributed by atoms with Gasteiger partial charge >= 0.3 is 0 Å². The van der Waals surface area contributed by atoms with E-state index in [1.165, 1.54) is 44.9 Å². The summed E-state index contributed by atoms with van der Waals surface area (Å²) in [5.74, 6) is -0.302. The predicted molar refractivity (Wildman–Crippen MR) is 314 cm³/mol. The summed E-state index contributed by atoms with van der Waals surface area (Å²) in [6, 6.07) is -1.00. The number of nitrogens with one attached hydrogen (secondary N) is 1. The molecular weight excluding hydrogens is 1060 g/mol. The quantitative estimate of drug-likeness (QED) is 0.0247. The van der Waals surface area contributed by atoms with Crippen molar-refractivity contribution in [2.75, 3.05) is 26.4 Å². The lowest BCUT2D eigenvalue weighted by Gasteiger charge is -2.48. The summed E-state index contributed by atoms with van der Waals surface area (Å²) in [6.45, 7) is 1.55. The molecule has 0 aromatic carbocycles. The first-order valence-corrected chi connectivity index (χ1v) is 30.8. The molecule has 82 heavy (non-hydrogen) atoms. The van der Waals surface area contributed by atoms with Gasteiger partial charge in [-0.15, -0.1) is 0 Å². The highest BCUT2D eigenvalue weighted by Gasteiger charge is 2.53. The van der Waals surface area contributed by atoms with Crippen molar-refractivity contribution >= 4 is 5.91 Å². The van der Waals surface area contributed by atoms with Crippen LogP contribution in [0.4, 0.5) is 0 Å². The Kier molecular flexibility index (Phi) is 40.5. The lowest BCUT2D eigenvalue weighted by atomic mass is 9.96. The van der Waals surface area contributed by atoms with Crippen LogP contribution in [0.3, 0.4) is 0 Å². The number of aliphatic hydroxyl groups excluding tert-OH is 11. The van der Waals surface area contributed by atoms with Gasteiger partial charge in [-0.1, -0.05) is 176 Å². The maximum atomic E-state index is 13.3. The summed E-state index contributed by atoms with van der Waals surface area (Å²) in [5.41, 5.74) is 0. The van der Waals surface area contributed by atoms with Crippen LogP contribution in [-0.4, -0.2) is 193 Å². The van der Waals surface area contributed by atoms with Crippen molar-refractivity contribution in [1.82, 2.24) is 5.32 Å². The van der Waals surface area contributed by atoms with E-state index in [0.29, 0.717) is 12.8 Å². The molecule has 3 rings (SSSR count). The van der Waals surface area contributed by atoms with E-state index >= 15 is 0 Å². The van der Waals surface area contributed by atoms with Gasteiger partial charge in [0, 0.05) is 6.42 Å². The van der Waals surface area contributed by atoms with Crippen LogP contribution in [0.5, 0.6) is 0 Å². The smallest absolute Gasteiger partial charge is 0.220 e. The predicted octanol–water partition coefficient (Wildman–Crippen LogP) is 5.98. The van der Waals surface area contributed by atoms with E-state index in [-0.39, 0.29) is 18.9 Å². The van der Waals surface area contributed by atoms with E-state index in [9.17, 15) is 61.0 Å². The Morgan fingerprint density at radius 3 is 1.37 bits per heavy atom. The van der Waals surface area contributed by atoms with Gasteiger partial charge in [-0.3, -0.25) is 4.79 Å². The fourth-order valence-electron chi connectivity index (χ4n) is 9.88. The number of rotatable bonds is 44. The van der Waals surface area contributed by atoms with Crippen molar-refractivity contribution in [3.63, 3.8) is 0 Å². The highest BCUT2D eigenvalue weighted by atomic mass is 16.8. The van der Waals surface area contributed by atoms with Crippen LogP contribution in [0.2, 0.25) is 0 Å². The van der Waals surface area contributed by atoms with Gasteiger partial charge in [0.25, 0.3) is 0 Å². The SMILES string of the molecule is CC/C=C\C/C=C\C/C=C\C/C=C\C/C=C\CCCCCCCCCC(=O)NC(COC1OC(CO)C(OC2OC(CO)C(OC3OC(CO)C(O)C(O)C3O)C(O)C2O)C(O)C1O)C(O)/C=C/CC/C=C/CCCCCCCCCC. The second-order valence-corrected chi connectivity index (χ2v) is 21.8. The Morgan fingerprint density at radius 2 is 0.854 bits per heavy atom. The van der Waals surface area contributed by atoms with E-state index in [4.69, 9.17) is 28.4 Å². The second kappa shape index (κ2) is 45.3. The average Bonchev–Trinajstić information content (AvgIpc) is 3.14. The zero-order valence-electron chi connectivity index (χ0n) is 49.2.